The predicted molar refractivity (Wildman–Crippen MR) is 106 cm³/mol. The fraction of sp³-hybridized carbons (Fsp3) is 0.273. The molecule has 2 aromatic rings. The zero-order chi connectivity index (χ0) is 20.4. The molecule has 6 heteroatoms. The number of rotatable bonds is 9. The van der Waals surface area contributed by atoms with Crippen LogP contribution in [0.3, 0.4) is 0 Å². The number of phenols is 1. The van der Waals surface area contributed by atoms with Gasteiger partial charge in [0.1, 0.15) is 6.61 Å². The monoisotopic (exact) mass is 383 g/mol. The number of amides is 1. The summed E-state index contributed by atoms with van der Waals surface area (Å²) in [5, 5.41) is 12.5. The Kier molecular flexibility index (Phi) is 8.09. The van der Waals surface area contributed by atoms with Crippen LogP contribution >= 0.6 is 0 Å². The number of allylic oxidation sites excluding steroid dienone is 1. The lowest BCUT2D eigenvalue weighted by Crippen LogP contribution is -2.28. The molecule has 0 aromatic heterocycles. The van der Waals surface area contributed by atoms with E-state index in [1.54, 1.807) is 12.1 Å². The SMILES string of the molecule is COc1cc(CC(=O)NC/C(=C\Cc2ccccc2)COC(C)=O)ccc1O. The topological polar surface area (TPSA) is 84.9 Å². The van der Waals surface area contributed by atoms with Gasteiger partial charge in [0.15, 0.2) is 11.5 Å². The molecule has 0 radical (unpaired) electrons. The number of hydrogen-bond acceptors (Lipinski definition) is 5. The van der Waals surface area contributed by atoms with Gasteiger partial charge in [-0.1, -0.05) is 42.5 Å². The van der Waals surface area contributed by atoms with E-state index < -0.39 is 0 Å². The number of carbonyl (C=O) groups is 2. The lowest BCUT2D eigenvalue weighted by molar-refractivity contribution is -0.139. The van der Waals surface area contributed by atoms with Gasteiger partial charge in [-0.2, -0.15) is 0 Å². The van der Waals surface area contributed by atoms with E-state index in [0.717, 1.165) is 16.7 Å². The summed E-state index contributed by atoms with van der Waals surface area (Å²) in [6.45, 7) is 1.77. The minimum atomic E-state index is -0.367. The molecule has 0 aliphatic carbocycles. The van der Waals surface area contributed by atoms with Crippen LogP contribution in [0, 0.1) is 0 Å². The zero-order valence-corrected chi connectivity index (χ0v) is 16.1. The van der Waals surface area contributed by atoms with Crippen molar-refractivity contribution in [3.8, 4) is 11.5 Å². The maximum atomic E-state index is 12.3. The number of phenolic OH excluding ortho intramolecular Hbond substituents is 1. The van der Waals surface area contributed by atoms with Gasteiger partial charge in [0.2, 0.25) is 5.91 Å². The van der Waals surface area contributed by atoms with E-state index in [2.05, 4.69) is 5.32 Å². The summed E-state index contributed by atoms with van der Waals surface area (Å²) in [5.74, 6) is -0.197. The van der Waals surface area contributed by atoms with E-state index in [0.29, 0.717) is 12.2 Å². The van der Waals surface area contributed by atoms with Crippen molar-refractivity contribution in [2.75, 3.05) is 20.3 Å². The van der Waals surface area contributed by atoms with Crippen LogP contribution in [0.25, 0.3) is 0 Å². The van der Waals surface area contributed by atoms with Crippen molar-refractivity contribution in [1.29, 1.82) is 0 Å². The molecule has 28 heavy (non-hydrogen) atoms. The van der Waals surface area contributed by atoms with Crippen molar-refractivity contribution in [3.63, 3.8) is 0 Å². The molecule has 0 unspecified atom stereocenters. The molecule has 2 N–H and O–H groups in total. The minimum Gasteiger partial charge on any atom is -0.504 e. The highest BCUT2D eigenvalue weighted by molar-refractivity contribution is 5.79. The maximum absolute atomic E-state index is 12.3. The average Bonchev–Trinajstić information content (AvgIpc) is 2.69. The molecule has 0 fully saturated rings. The molecule has 0 bridgehead atoms. The average molecular weight is 383 g/mol. The number of carbonyl (C=O) groups excluding carboxylic acids is 2. The van der Waals surface area contributed by atoms with Gasteiger partial charge in [-0.15, -0.1) is 0 Å². The summed E-state index contributed by atoms with van der Waals surface area (Å²) in [6.07, 6.45) is 2.79. The molecule has 6 nitrogen and oxygen atoms in total. The highest BCUT2D eigenvalue weighted by Gasteiger charge is 2.09. The second kappa shape index (κ2) is 10.8. The first-order valence-corrected chi connectivity index (χ1v) is 8.95. The number of nitrogens with one attached hydrogen (secondary N) is 1. The standard InChI is InChI=1S/C22H25NO5/c1-16(24)28-15-19(9-8-17-6-4-3-5-7-17)14-23-22(26)13-18-10-11-20(25)21(12-18)27-2/h3-7,9-12,25H,8,13-15H2,1-2H3,(H,23,26)/b19-9+. The van der Waals surface area contributed by atoms with Gasteiger partial charge in [0, 0.05) is 13.5 Å². The van der Waals surface area contributed by atoms with Crippen LogP contribution in [0.15, 0.2) is 60.2 Å². The highest BCUT2D eigenvalue weighted by atomic mass is 16.5. The molecule has 0 aliphatic heterocycles. The molecule has 0 heterocycles. The molecule has 0 spiro atoms. The third-order valence-electron chi connectivity index (χ3n) is 4.05. The Morgan fingerprint density at radius 2 is 1.86 bits per heavy atom. The third-order valence-corrected chi connectivity index (χ3v) is 4.05. The van der Waals surface area contributed by atoms with Crippen LogP contribution in [0.4, 0.5) is 0 Å². The van der Waals surface area contributed by atoms with Gasteiger partial charge < -0.3 is 19.9 Å². The van der Waals surface area contributed by atoms with Gasteiger partial charge in [0.05, 0.1) is 13.5 Å². The molecule has 0 aliphatic rings. The Morgan fingerprint density at radius 3 is 2.54 bits per heavy atom. The zero-order valence-electron chi connectivity index (χ0n) is 16.1. The highest BCUT2D eigenvalue weighted by Crippen LogP contribution is 2.26. The van der Waals surface area contributed by atoms with Gasteiger partial charge in [-0.25, -0.2) is 0 Å². The van der Waals surface area contributed by atoms with E-state index in [9.17, 15) is 14.7 Å². The predicted octanol–water partition coefficient (Wildman–Crippen LogP) is 2.79. The van der Waals surface area contributed by atoms with E-state index in [1.807, 2.05) is 36.4 Å². The van der Waals surface area contributed by atoms with E-state index >= 15 is 0 Å². The molecular formula is C22H25NO5. The first-order valence-electron chi connectivity index (χ1n) is 8.95. The largest absolute Gasteiger partial charge is 0.504 e. The quantitative estimate of drug-likeness (QED) is 0.514. The van der Waals surface area contributed by atoms with Crippen LogP contribution in [0.2, 0.25) is 0 Å². The number of esters is 1. The molecule has 0 atom stereocenters. The Balaban J connectivity index is 1.95. The summed E-state index contributed by atoms with van der Waals surface area (Å²) in [5.41, 5.74) is 2.67. The van der Waals surface area contributed by atoms with E-state index in [-0.39, 0.29) is 37.2 Å². The Hall–Kier alpha value is -3.28. The molecular weight excluding hydrogens is 358 g/mol. The Bertz CT molecular complexity index is 830. The maximum Gasteiger partial charge on any atom is 0.302 e. The van der Waals surface area contributed by atoms with Gasteiger partial charge in [-0.05, 0) is 35.3 Å². The summed E-state index contributed by atoms with van der Waals surface area (Å²) in [4.78, 5) is 23.4. The fourth-order valence-corrected chi connectivity index (χ4v) is 2.54. The number of aromatic hydroxyl groups is 1. The van der Waals surface area contributed by atoms with Gasteiger partial charge >= 0.3 is 5.97 Å². The number of ether oxygens (including phenoxy) is 2. The van der Waals surface area contributed by atoms with Crippen LogP contribution < -0.4 is 10.1 Å². The summed E-state index contributed by atoms with van der Waals surface area (Å²) in [6, 6.07) is 14.7. The second-order valence-electron chi connectivity index (χ2n) is 6.29. The van der Waals surface area contributed by atoms with Gasteiger partial charge in [0.25, 0.3) is 0 Å². The summed E-state index contributed by atoms with van der Waals surface area (Å²) >= 11 is 0. The lowest BCUT2D eigenvalue weighted by Gasteiger charge is -2.11. The minimum absolute atomic E-state index is 0.0270. The number of hydrogen-bond donors (Lipinski definition) is 2. The third kappa shape index (κ3) is 7.15. The fourth-order valence-electron chi connectivity index (χ4n) is 2.54. The van der Waals surface area contributed by atoms with Crippen LogP contribution in [-0.2, 0) is 27.2 Å². The Labute approximate surface area is 164 Å². The second-order valence-corrected chi connectivity index (χ2v) is 6.29. The first-order chi connectivity index (χ1) is 13.5. The molecule has 0 saturated carbocycles. The van der Waals surface area contributed by atoms with Crippen molar-refractivity contribution in [1.82, 2.24) is 5.32 Å². The van der Waals surface area contributed by atoms with Crippen LogP contribution in [-0.4, -0.2) is 37.2 Å². The number of benzene rings is 2. The Morgan fingerprint density at radius 1 is 1.11 bits per heavy atom. The summed E-state index contributed by atoms with van der Waals surface area (Å²) in [7, 11) is 1.46. The van der Waals surface area contributed by atoms with E-state index in [4.69, 9.17) is 9.47 Å². The smallest absolute Gasteiger partial charge is 0.302 e. The normalized spacial score (nSPS) is 11.0. The van der Waals surface area contributed by atoms with Crippen molar-refractivity contribution >= 4 is 11.9 Å². The number of methoxy groups -OCH3 is 1. The van der Waals surface area contributed by atoms with Crippen LogP contribution in [0.1, 0.15) is 18.1 Å². The first kappa shape index (κ1) is 21.0. The summed E-state index contributed by atoms with van der Waals surface area (Å²) < 4.78 is 10.1. The van der Waals surface area contributed by atoms with Gasteiger partial charge in [-0.3, -0.25) is 9.59 Å². The van der Waals surface area contributed by atoms with Crippen molar-refractivity contribution < 1.29 is 24.2 Å². The molecule has 2 rings (SSSR count). The van der Waals surface area contributed by atoms with Crippen molar-refractivity contribution in [2.45, 2.75) is 19.8 Å². The van der Waals surface area contributed by atoms with E-state index in [1.165, 1.54) is 20.1 Å². The molecule has 0 saturated heterocycles. The molecule has 148 valence electrons. The molecule has 2 aromatic carbocycles. The lowest BCUT2D eigenvalue weighted by atomic mass is 10.1. The molecule has 1 amide bonds. The van der Waals surface area contributed by atoms with Crippen molar-refractivity contribution in [2.24, 2.45) is 0 Å². The van der Waals surface area contributed by atoms with Crippen molar-refractivity contribution in [3.05, 3.63) is 71.3 Å². The van der Waals surface area contributed by atoms with Crippen LogP contribution in [0.5, 0.6) is 11.5 Å².